The highest BCUT2D eigenvalue weighted by molar-refractivity contribution is 5.82. The molecule has 31 heavy (non-hydrogen) atoms. The van der Waals surface area contributed by atoms with Crippen molar-refractivity contribution >= 4 is 17.1 Å². The maximum Gasteiger partial charge on any atom is 0.0406 e. The summed E-state index contributed by atoms with van der Waals surface area (Å²) in [6, 6.07) is 28.8. The molecule has 0 saturated heterocycles. The van der Waals surface area contributed by atoms with E-state index in [1.54, 1.807) is 0 Å². The number of rotatable bonds is 1. The molecule has 0 fully saturated rings. The van der Waals surface area contributed by atoms with Gasteiger partial charge in [-0.1, -0.05) is 41.9 Å². The maximum atomic E-state index is 6.30. The van der Waals surface area contributed by atoms with Gasteiger partial charge in [0, 0.05) is 44.9 Å². The van der Waals surface area contributed by atoms with Crippen molar-refractivity contribution in [2.24, 2.45) is 0 Å². The Balaban J connectivity index is 1.63. The van der Waals surface area contributed by atoms with E-state index < -0.39 is 0 Å². The summed E-state index contributed by atoms with van der Waals surface area (Å²) in [6.45, 7) is 0. The lowest BCUT2D eigenvalue weighted by Crippen LogP contribution is -1.93. The normalized spacial score (nSPS) is 9.81. The zero-order chi connectivity index (χ0) is 21.6. The summed E-state index contributed by atoms with van der Waals surface area (Å²) < 4.78 is 0. The Kier molecular flexibility index (Phi) is 5.61. The second-order valence-electron chi connectivity index (χ2n) is 7.09. The van der Waals surface area contributed by atoms with Crippen molar-refractivity contribution in [2.45, 2.75) is 0 Å². The van der Waals surface area contributed by atoms with E-state index in [4.69, 9.17) is 17.2 Å². The average Bonchev–Trinajstić information content (AvgIpc) is 2.79. The molecular weight excluding hydrogens is 378 g/mol. The zero-order valence-corrected chi connectivity index (χ0v) is 16.9. The highest BCUT2D eigenvalue weighted by Gasteiger charge is 2.07. The van der Waals surface area contributed by atoms with Crippen LogP contribution in [-0.4, -0.2) is 0 Å². The predicted molar refractivity (Wildman–Crippen MR) is 130 cm³/mol. The van der Waals surface area contributed by atoms with Crippen LogP contribution in [0.3, 0.4) is 0 Å². The van der Waals surface area contributed by atoms with Crippen LogP contribution in [0.25, 0.3) is 11.1 Å². The van der Waals surface area contributed by atoms with Gasteiger partial charge in [0.2, 0.25) is 0 Å². The molecule has 0 amide bonds. The average molecular weight is 399 g/mol. The maximum absolute atomic E-state index is 6.30. The fraction of sp³-hybridized carbons (Fsp3) is 0. The van der Waals surface area contributed by atoms with Gasteiger partial charge in [-0.15, -0.1) is 0 Å². The quantitative estimate of drug-likeness (QED) is 0.315. The topological polar surface area (TPSA) is 78.1 Å². The van der Waals surface area contributed by atoms with Crippen LogP contribution in [-0.2, 0) is 0 Å². The molecule has 148 valence electrons. The van der Waals surface area contributed by atoms with Crippen LogP contribution in [0, 0.1) is 23.7 Å². The van der Waals surface area contributed by atoms with Crippen LogP contribution in [0.15, 0.2) is 91.0 Å². The summed E-state index contributed by atoms with van der Waals surface area (Å²) in [7, 11) is 0. The molecule has 0 unspecified atom stereocenters. The largest absolute Gasteiger partial charge is 0.399 e. The highest BCUT2D eigenvalue weighted by Crippen LogP contribution is 2.29. The summed E-state index contributed by atoms with van der Waals surface area (Å²) in [6.07, 6.45) is 0. The van der Waals surface area contributed by atoms with Crippen LogP contribution in [0.1, 0.15) is 22.3 Å². The lowest BCUT2D eigenvalue weighted by atomic mass is 9.97. The van der Waals surface area contributed by atoms with Crippen molar-refractivity contribution in [1.29, 1.82) is 0 Å². The molecule has 0 atom stereocenters. The molecule has 0 aromatic heterocycles. The summed E-state index contributed by atoms with van der Waals surface area (Å²) in [4.78, 5) is 0. The van der Waals surface area contributed by atoms with E-state index >= 15 is 0 Å². The van der Waals surface area contributed by atoms with E-state index in [9.17, 15) is 0 Å². The van der Waals surface area contributed by atoms with Gasteiger partial charge >= 0.3 is 0 Å². The Labute approximate surface area is 182 Å². The van der Waals surface area contributed by atoms with Crippen molar-refractivity contribution in [1.82, 2.24) is 0 Å². The molecule has 3 heteroatoms. The Morgan fingerprint density at radius 2 is 0.903 bits per heavy atom. The predicted octanol–water partition coefficient (Wildman–Crippen LogP) is 4.90. The third kappa shape index (κ3) is 4.88. The molecule has 0 heterocycles. The monoisotopic (exact) mass is 399 g/mol. The Hall–Kier alpha value is -4.60. The van der Waals surface area contributed by atoms with Crippen molar-refractivity contribution in [2.75, 3.05) is 17.2 Å². The first-order valence-electron chi connectivity index (χ1n) is 9.82. The number of anilines is 3. The van der Waals surface area contributed by atoms with Gasteiger partial charge in [0.15, 0.2) is 0 Å². The fourth-order valence-corrected chi connectivity index (χ4v) is 3.13. The molecule has 0 bridgehead atoms. The van der Waals surface area contributed by atoms with E-state index in [1.165, 1.54) is 0 Å². The molecule has 0 aliphatic heterocycles. The minimum atomic E-state index is 0.685. The fourth-order valence-electron chi connectivity index (χ4n) is 3.13. The summed E-state index contributed by atoms with van der Waals surface area (Å²) >= 11 is 0. The van der Waals surface area contributed by atoms with Crippen molar-refractivity contribution in [3.8, 4) is 34.8 Å². The summed E-state index contributed by atoms with van der Waals surface area (Å²) in [5.41, 5.74) is 25.4. The van der Waals surface area contributed by atoms with Crippen molar-refractivity contribution in [3.05, 3.63) is 113 Å². The highest BCUT2D eigenvalue weighted by atomic mass is 14.6. The Morgan fingerprint density at radius 1 is 0.452 bits per heavy atom. The van der Waals surface area contributed by atoms with Gasteiger partial charge in [-0.25, -0.2) is 0 Å². The lowest BCUT2D eigenvalue weighted by Gasteiger charge is -2.09. The van der Waals surface area contributed by atoms with Gasteiger partial charge in [0.05, 0.1) is 0 Å². The first-order chi connectivity index (χ1) is 15.1. The number of hydrogen-bond acceptors (Lipinski definition) is 3. The minimum Gasteiger partial charge on any atom is -0.399 e. The third-order valence-corrected chi connectivity index (χ3v) is 4.78. The van der Waals surface area contributed by atoms with Crippen LogP contribution in [0.4, 0.5) is 17.1 Å². The second-order valence-corrected chi connectivity index (χ2v) is 7.09. The SMILES string of the molecule is Nc1ccc(C#Cc2ccc(-c3c(N)cccc3C#Cc3ccc(N)cc3)cc2)cc1. The molecule has 4 aromatic carbocycles. The molecular formula is C28H21N3. The number of benzene rings is 4. The van der Waals surface area contributed by atoms with Gasteiger partial charge in [-0.05, 0) is 78.4 Å². The Bertz CT molecular complexity index is 1330. The zero-order valence-electron chi connectivity index (χ0n) is 16.9. The third-order valence-electron chi connectivity index (χ3n) is 4.78. The Morgan fingerprint density at radius 3 is 1.42 bits per heavy atom. The van der Waals surface area contributed by atoms with Crippen molar-refractivity contribution in [3.63, 3.8) is 0 Å². The molecule has 6 N–H and O–H groups in total. The molecule has 0 saturated carbocycles. The van der Waals surface area contributed by atoms with Crippen LogP contribution < -0.4 is 17.2 Å². The molecule has 3 nitrogen and oxygen atoms in total. The standard InChI is InChI=1S/C28H21N3/c29-25-16-9-21(10-17-25)5-4-20-7-14-24(15-8-20)28-23(2-1-3-27(28)31)13-6-22-11-18-26(30)19-12-22/h1-3,7-12,14-19H,29-31H2. The van der Waals surface area contributed by atoms with Gasteiger partial charge < -0.3 is 17.2 Å². The number of nitrogen functional groups attached to an aromatic ring is 3. The van der Waals surface area contributed by atoms with Crippen LogP contribution in [0.5, 0.6) is 0 Å². The van der Waals surface area contributed by atoms with Gasteiger partial charge in [-0.3, -0.25) is 0 Å². The van der Waals surface area contributed by atoms with Crippen molar-refractivity contribution < 1.29 is 0 Å². The van der Waals surface area contributed by atoms with E-state index in [0.717, 1.165) is 44.8 Å². The molecule has 4 aromatic rings. The summed E-state index contributed by atoms with van der Waals surface area (Å²) in [5.74, 6) is 12.8. The minimum absolute atomic E-state index is 0.685. The molecule has 4 rings (SSSR count). The summed E-state index contributed by atoms with van der Waals surface area (Å²) in [5, 5.41) is 0. The molecule has 0 radical (unpaired) electrons. The van der Waals surface area contributed by atoms with Crippen LogP contribution >= 0.6 is 0 Å². The van der Waals surface area contributed by atoms with Crippen LogP contribution in [0.2, 0.25) is 0 Å². The number of hydrogen-bond donors (Lipinski definition) is 3. The van der Waals surface area contributed by atoms with Gasteiger partial charge in [0.1, 0.15) is 0 Å². The molecule has 0 aliphatic rings. The first kappa shape index (κ1) is 19.7. The van der Waals surface area contributed by atoms with E-state index in [2.05, 4.69) is 23.7 Å². The van der Waals surface area contributed by atoms with E-state index in [-0.39, 0.29) is 0 Å². The first-order valence-corrected chi connectivity index (χ1v) is 9.82. The van der Waals surface area contributed by atoms with Gasteiger partial charge in [-0.2, -0.15) is 0 Å². The second kappa shape index (κ2) is 8.82. The molecule has 0 spiro atoms. The molecule has 0 aliphatic carbocycles. The van der Waals surface area contributed by atoms with E-state index in [1.807, 2.05) is 91.0 Å². The van der Waals surface area contributed by atoms with E-state index in [0.29, 0.717) is 5.69 Å². The lowest BCUT2D eigenvalue weighted by molar-refractivity contribution is 1.56. The van der Waals surface area contributed by atoms with Gasteiger partial charge in [0.25, 0.3) is 0 Å². The smallest absolute Gasteiger partial charge is 0.0406 e. The number of nitrogens with two attached hydrogens (primary N) is 3.